The number of hydrogen-bond acceptors (Lipinski definition) is 6. The largest absolute Gasteiger partial charge is 0.490 e. The number of aromatic nitrogens is 1. The van der Waals surface area contributed by atoms with Gasteiger partial charge in [0.2, 0.25) is 0 Å². The Hall–Kier alpha value is -3.01. The molecular weight excluding hydrogens is 523 g/mol. The minimum absolute atomic E-state index is 0.0179. The maximum absolute atomic E-state index is 12.7. The summed E-state index contributed by atoms with van der Waals surface area (Å²) in [6.45, 7) is 9.39. The van der Waals surface area contributed by atoms with Crippen molar-refractivity contribution in [3.8, 4) is 5.75 Å². The van der Waals surface area contributed by atoms with Gasteiger partial charge in [-0.15, -0.1) is 0 Å². The van der Waals surface area contributed by atoms with Crippen molar-refractivity contribution < 1.29 is 32.2 Å². The Morgan fingerprint density at radius 3 is 2.42 bits per heavy atom. The average molecular weight is 564 g/mol. The number of piperidine rings is 1. The first-order chi connectivity index (χ1) is 19.0. The monoisotopic (exact) mass is 563 g/mol. The molecule has 2 saturated heterocycles. The summed E-state index contributed by atoms with van der Waals surface area (Å²) in [6.07, 6.45) is 3.74. The summed E-state index contributed by atoms with van der Waals surface area (Å²) in [5.74, 6) is 1.23. The Morgan fingerprint density at radius 2 is 1.75 bits per heavy atom. The first kappa shape index (κ1) is 30.0. The van der Waals surface area contributed by atoms with E-state index in [4.69, 9.17) is 14.2 Å². The molecule has 2 aliphatic rings. The van der Waals surface area contributed by atoms with Crippen molar-refractivity contribution in [2.75, 3.05) is 37.7 Å². The number of nitrogens with zero attached hydrogens (tertiary/aromatic N) is 3. The lowest BCUT2D eigenvalue weighted by Crippen LogP contribution is -2.42. The second-order valence-corrected chi connectivity index (χ2v) is 11.6. The summed E-state index contributed by atoms with van der Waals surface area (Å²) in [6, 6.07) is 7.12. The maximum Gasteiger partial charge on any atom is 0.416 e. The number of carbonyl (C=O) groups excluding carboxylic acids is 1. The van der Waals surface area contributed by atoms with Gasteiger partial charge in [-0.1, -0.05) is 12.1 Å². The number of likely N-dealkylation sites (tertiary alicyclic amines) is 1. The van der Waals surface area contributed by atoms with Gasteiger partial charge in [0.25, 0.3) is 0 Å². The van der Waals surface area contributed by atoms with Crippen molar-refractivity contribution in [1.29, 1.82) is 0 Å². The molecule has 1 aromatic carbocycles. The van der Waals surface area contributed by atoms with E-state index in [1.165, 1.54) is 12.1 Å². The second kappa shape index (κ2) is 13.1. The number of rotatable bonds is 9. The molecule has 1 atom stereocenters. The van der Waals surface area contributed by atoms with Gasteiger partial charge in [-0.3, -0.25) is 4.98 Å². The van der Waals surface area contributed by atoms with Crippen LogP contribution in [-0.4, -0.2) is 60.5 Å². The first-order valence-corrected chi connectivity index (χ1v) is 14.0. The van der Waals surface area contributed by atoms with E-state index in [1.54, 1.807) is 11.1 Å². The molecule has 1 amide bonds. The van der Waals surface area contributed by atoms with Crippen LogP contribution >= 0.6 is 0 Å². The maximum atomic E-state index is 12.7. The lowest BCUT2D eigenvalue weighted by Gasteiger charge is -2.33. The van der Waals surface area contributed by atoms with Gasteiger partial charge in [0, 0.05) is 32.3 Å². The molecule has 0 saturated carbocycles. The summed E-state index contributed by atoms with van der Waals surface area (Å²) in [4.78, 5) is 21.0. The zero-order valence-electron chi connectivity index (χ0n) is 23.6. The highest BCUT2D eigenvalue weighted by Gasteiger charge is 2.33. The molecule has 2 fully saturated rings. The highest BCUT2D eigenvalue weighted by atomic mass is 19.4. The third-order valence-corrected chi connectivity index (χ3v) is 7.35. The van der Waals surface area contributed by atoms with Crippen molar-refractivity contribution in [3.05, 3.63) is 53.9 Å². The molecule has 220 valence electrons. The van der Waals surface area contributed by atoms with Crippen LogP contribution in [0, 0.1) is 5.92 Å². The molecule has 4 rings (SSSR count). The minimum Gasteiger partial charge on any atom is -0.490 e. The summed E-state index contributed by atoms with van der Waals surface area (Å²) >= 11 is 0. The van der Waals surface area contributed by atoms with E-state index in [2.05, 4.69) is 9.88 Å². The molecular formula is C30H40F3N3O4. The quantitative estimate of drug-likeness (QED) is 0.316. The number of benzene rings is 1. The second-order valence-electron chi connectivity index (χ2n) is 11.6. The highest BCUT2D eigenvalue weighted by molar-refractivity contribution is 5.69. The third-order valence-electron chi connectivity index (χ3n) is 7.35. The van der Waals surface area contributed by atoms with Crippen molar-refractivity contribution in [2.24, 2.45) is 5.92 Å². The number of amides is 1. The fourth-order valence-electron chi connectivity index (χ4n) is 5.13. The molecule has 0 N–H and O–H groups in total. The van der Waals surface area contributed by atoms with E-state index in [-0.39, 0.29) is 12.1 Å². The van der Waals surface area contributed by atoms with Crippen LogP contribution in [0.4, 0.5) is 23.7 Å². The van der Waals surface area contributed by atoms with Crippen molar-refractivity contribution in [1.82, 2.24) is 9.88 Å². The van der Waals surface area contributed by atoms with E-state index in [1.807, 2.05) is 33.0 Å². The van der Waals surface area contributed by atoms with Crippen molar-refractivity contribution in [2.45, 2.75) is 77.3 Å². The van der Waals surface area contributed by atoms with E-state index in [9.17, 15) is 18.0 Å². The number of ether oxygens (including phenoxy) is 3. The summed E-state index contributed by atoms with van der Waals surface area (Å²) in [7, 11) is 0. The van der Waals surface area contributed by atoms with E-state index in [0.29, 0.717) is 38.0 Å². The van der Waals surface area contributed by atoms with Crippen molar-refractivity contribution in [3.63, 3.8) is 0 Å². The zero-order chi connectivity index (χ0) is 28.8. The predicted molar refractivity (Wildman–Crippen MR) is 146 cm³/mol. The molecule has 0 unspecified atom stereocenters. The zero-order valence-corrected chi connectivity index (χ0v) is 23.6. The van der Waals surface area contributed by atoms with Gasteiger partial charge in [-0.05, 0) is 76.5 Å². The van der Waals surface area contributed by atoms with Crippen LogP contribution in [0.1, 0.15) is 64.0 Å². The highest BCUT2D eigenvalue weighted by Crippen LogP contribution is 2.30. The predicted octanol–water partition coefficient (Wildman–Crippen LogP) is 6.70. The average Bonchev–Trinajstić information content (AvgIpc) is 3.38. The lowest BCUT2D eigenvalue weighted by atomic mass is 9.94. The van der Waals surface area contributed by atoms with Crippen LogP contribution in [0.2, 0.25) is 0 Å². The van der Waals surface area contributed by atoms with E-state index in [0.717, 1.165) is 68.6 Å². The van der Waals surface area contributed by atoms with Gasteiger partial charge < -0.3 is 24.0 Å². The Kier molecular flexibility index (Phi) is 9.81. The summed E-state index contributed by atoms with van der Waals surface area (Å²) in [5, 5.41) is 0. The summed E-state index contributed by atoms with van der Waals surface area (Å²) < 4.78 is 55.4. The third kappa shape index (κ3) is 8.74. The van der Waals surface area contributed by atoms with E-state index >= 15 is 0 Å². The molecule has 7 nitrogen and oxygen atoms in total. The number of carbonyl (C=O) groups is 1. The molecule has 3 heterocycles. The van der Waals surface area contributed by atoms with Crippen LogP contribution in [0.5, 0.6) is 5.75 Å². The fourth-order valence-corrected chi connectivity index (χ4v) is 5.13. The van der Waals surface area contributed by atoms with Gasteiger partial charge >= 0.3 is 12.3 Å². The molecule has 0 spiro atoms. The number of pyridine rings is 1. The number of hydrogen-bond donors (Lipinski definition) is 0. The van der Waals surface area contributed by atoms with Crippen molar-refractivity contribution >= 4 is 11.8 Å². The SMILES string of the molecule is CC(C)(C)OC(=O)N1CCC[C@H]1COc1cncc(N2CCC(CCOCc3ccc(C(F)(F)F)cc3)CC2)c1. The summed E-state index contributed by atoms with van der Waals surface area (Å²) in [5.41, 5.74) is 0.584. The Balaban J connectivity index is 1.17. The Bertz CT molecular complexity index is 1100. The number of halogens is 3. The van der Waals surface area contributed by atoms with Gasteiger partial charge in [0.05, 0.1) is 36.3 Å². The topological polar surface area (TPSA) is 64.1 Å². The number of alkyl halides is 3. The lowest BCUT2D eigenvalue weighted by molar-refractivity contribution is -0.137. The molecule has 10 heteroatoms. The van der Waals surface area contributed by atoms with Gasteiger partial charge in [-0.2, -0.15) is 13.2 Å². The van der Waals surface area contributed by atoms with Crippen LogP contribution in [0.25, 0.3) is 0 Å². The van der Waals surface area contributed by atoms with E-state index < -0.39 is 17.3 Å². The van der Waals surface area contributed by atoms with Crippen LogP contribution < -0.4 is 9.64 Å². The molecule has 2 aromatic rings. The Morgan fingerprint density at radius 1 is 1.02 bits per heavy atom. The number of anilines is 1. The minimum atomic E-state index is -4.32. The van der Waals surface area contributed by atoms with Crippen LogP contribution in [0.15, 0.2) is 42.7 Å². The molecule has 0 bridgehead atoms. The molecule has 2 aliphatic heterocycles. The van der Waals surface area contributed by atoms with Gasteiger partial charge in [-0.25, -0.2) is 4.79 Å². The fraction of sp³-hybridized carbons (Fsp3) is 0.600. The molecule has 0 aliphatic carbocycles. The standard InChI is InChI=1S/C30H40F3N3O4/c1-29(2,3)40-28(37)36-13-4-5-25(36)21-39-27-17-26(18-34-19-27)35-14-10-22(11-15-35)12-16-38-20-23-6-8-24(9-7-23)30(31,32)33/h6-9,17-19,22,25H,4-5,10-16,20-21H2,1-3H3/t25-/m0/s1. The Labute approximate surface area is 234 Å². The van der Waals surface area contributed by atoms with Gasteiger partial charge in [0.1, 0.15) is 18.0 Å². The smallest absolute Gasteiger partial charge is 0.416 e. The van der Waals surface area contributed by atoms with Crippen LogP contribution in [-0.2, 0) is 22.3 Å². The molecule has 40 heavy (non-hydrogen) atoms. The van der Waals surface area contributed by atoms with Crippen LogP contribution in [0.3, 0.4) is 0 Å². The molecule has 1 aromatic heterocycles. The first-order valence-electron chi connectivity index (χ1n) is 14.0. The van der Waals surface area contributed by atoms with Gasteiger partial charge in [0.15, 0.2) is 0 Å². The molecule has 0 radical (unpaired) electrons. The normalized spacial score (nSPS) is 18.7.